The normalized spacial score (nSPS) is 31.9. The number of hydrogen-bond donors (Lipinski definition) is 2. The Hall–Kier alpha value is -2.12. The lowest BCUT2D eigenvalue weighted by molar-refractivity contribution is -0.172. The van der Waals surface area contributed by atoms with Crippen molar-refractivity contribution in [1.29, 1.82) is 0 Å². The summed E-state index contributed by atoms with van der Waals surface area (Å²) in [5.74, 6) is 1.46. The van der Waals surface area contributed by atoms with E-state index in [-0.39, 0.29) is 5.92 Å². The number of carbonyl (C=O) groups is 1. The van der Waals surface area contributed by atoms with Crippen LogP contribution in [-0.2, 0) is 11.3 Å². The second kappa shape index (κ2) is 6.95. The minimum atomic E-state index is -0.591. The first kappa shape index (κ1) is 18.6. The van der Waals surface area contributed by atoms with Crippen LogP contribution in [0.3, 0.4) is 0 Å². The summed E-state index contributed by atoms with van der Waals surface area (Å²) in [6.45, 7) is 3.17. The highest BCUT2D eigenvalue weighted by molar-refractivity contribution is 7.99. The molecule has 1 spiro atoms. The number of carboxylic acid groups (broad SMARTS) is 1. The van der Waals surface area contributed by atoms with Crippen molar-refractivity contribution in [1.82, 2.24) is 14.9 Å². The molecule has 6 nitrogen and oxygen atoms in total. The zero-order valence-corrected chi connectivity index (χ0v) is 17.7. The maximum atomic E-state index is 11.4. The number of nitrogens with zero attached hydrogens (tertiary/aromatic N) is 3. The maximum Gasteiger partial charge on any atom is 0.306 e. The number of fused-ring (bicyclic) bond motifs is 2. The number of piperidine rings is 1. The minimum Gasteiger partial charge on any atom is -0.481 e. The molecule has 2 aromatic rings. The topological polar surface area (TPSA) is 78.4 Å². The molecule has 0 radical (unpaired) electrons. The van der Waals surface area contributed by atoms with Crippen molar-refractivity contribution < 1.29 is 9.90 Å². The average molecular weight is 423 g/mol. The van der Waals surface area contributed by atoms with Crippen molar-refractivity contribution in [3.63, 3.8) is 0 Å². The zero-order chi connectivity index (χ0) is 20.3. The van der Waals surface area contributed by atoms with E-state index in [0.717, 1.165) is 49.0 Å². The summed E-state index contributed by atoms with van der Waals surface area (Å²) in [6.07, 6.45) is 9.10. The predicted octanol–water partition coefficient (Wildman–Crippen LogP) is 4.40. The van der Waals surface area contributed by atoms with Crippen LogP contribution in [0.15, 0.2) is 40.5 Å². The largest absolute Gasteiger partial charge is 0.481 e. The second-order valence-corrected chi connectivity index (χ2v) is 10.5. The van der Waals surface area contributed by atoms with E-state index in [2.05, 4.69) is 38.4 Å². The number of hydrogen-bond acceptors (Lipinski definition) is 6. The highest BCUT2D eigenvalue weighted by Crippen LogP contribution is 2.62. The highest BCUT2D eigenvalue weighted by atomic mass is 32.2. The SMILES string of the molecule is O=C(O)C1CC2(C1)C1CCCC2CN(Cc2ccc3c(c2)Nc2nccnc2S3)C1. The summed E-state index contributed by atoms with van der Waals surface area (Å²) in [6, 6.07) is 6.68. The fourth-order valence-electron chi connectivity index (χ4n) is 6.43. The van der Waals surface area contributed by atoms with Crippen LogP contribution in [0.1, 0.15) is 37.7 Å². The minimum absolute atomic E-state index is 0.102. The molecule has 2 atom stereocenters. The number of anilines is 2. The molecule has 2 saturated carbocycles. The summed E-state index contributed by atoms with van der Waals surface area (Å²) in [5, 5.41) is 13.7. The Labute approximate surface area is 180 Å². The molecular formula is C23H26N4O2S. The Morgan fingerprint density at radius 1 is 1.20 bits per heavy atom. The van der Waals surface area contributed by atoms with E-state index in [9.17, 15) is 9.90 Å². The molecule has 156 valence electrons. The molecule has 2 N–H and O–H groups in total. The van der Waals surface area contributed by atoms with E-state index >= 15 is 0 Å². The van der Waals surface area contributed by atoms with E-state index < -0.39 is 5.97 Å². The lowest BCUT2D eigenvalue weighted by atomic mass is 9.45. The van der Waals surface area contributed by atoms with Crippen molar-refractivity contribution in [2.75, 3.05) is 18.4 Å². The van der Waals surface area contributed by atoms with Gasteiger partial charge in [-0.15, -0.1) is 0 Å². The Morgan fingerprint density at radius 2 is 1.97 bits per heavy atom. The van der Waals surface area contributed by atoms with Crippen molar-refractivity contribution in [2.24, 2.45) is 23.2 Å². The van der Waals surface area contributed by atoms with Crippen LogP contribution in [-0.4, -0.2) is 39.0 Å². The molecule has 4 aliphatic rings. The van der Waals surface area contributed by atoms with Crippen molar-refractivity contribution in [3.8, 4) is 0 Å². The fraction of sp³-hybridized carbons (Fsp3) is 0.522. The van der Waals surface area contributed by atoms with E-state index in [4.69, 9.17) is 0 Å². The molecule has 0 amide bonds. The number of aromatic nitrogens is 2. The van der Waals surface area contributed by atoms with Gasteiger partial charge >= 0.3 is 5.97 Å². The van der Waals surface area contributed by atoms with Crippen molar-refractivity contribution >= 4 is 29.2 Å². The number of aliphatic carboxylic acids is 1. The van der Waals surface area contributed by atoms with Crippen molar-refractivity contribution in [3.05, 3.63) is 36.2 Å². The van der Waals surface area contributed by atoms with E-state index in [0.29, 0.717) is 17.3 Å². The van der Waals surface area contributed by atoms with Gasteiger partial charge in [-0.2, -0.15) is 0 Å². The standard InChI is InChI=1S/C23H26N4O2S/c28-22(29)15-9-23(10-15)16-2-1-3-17(23)13-27(12-16)11-14-4-5-19-18(8-14)26-20-21(30-19)25-7-6-24-20/h4-8,15-17H,1-3,9-13H2,(H,24,26)(H,28,29). The van der Waals surface area contributed by atoms with Crippen LogP contribution in [0.5, 0.6) is 0 Å². The van der Waals surface area contributed by atoms with Crippen molar-refractivity contribution in [2.45, 2.75) is 48.6 Å². The van der Waals surface area contributed by atoms with Crippen LogP contribution in [0.4, 0.5) is 11.5 Å². The first-order valence-corrected chi connectivity index (χ1v) is 11.8. The Bertz CT molecular complexity index is 990. The lowest BCUT2D eigenvalue weighted by Gasteiger charge is -2.62. The number of likely N-dealkylation sites (tertiary alicyclic amines) is 1. The molecule has 1 aromatic carbocycles. The van der Waals surface area contributed by atoms with E-state index in [1.54, 1.807) is 24.2 Å². The monoisotopic (exact) mass is 422 g/mol. The molecule has 2 aliphatic heterocycles. The van der Waals surface area contributed by atoms with Crippen LogP contribution in [0.2, 0.25) is 0 Å². The molecule has 2 aliphatic carbocycles. The summed E-state index contributed by atoms with van der Waals surface area (Å²) >= 11 is 1.67. The second-order valence-electron chi connectivity index (χ2n) is 9.46. The molecule has 3 fully saturated rings. The third-order valence-electron chi connectivity index (χ3n) is 7.87. The number of nitrogens with one attached hydrogen (secondary N) is 1. The molecule has 1 saturated heterocycles. The van der Waals surface area contributed by atoms with Gasteiger partial charge in [-0.1, -0.05) is 24.2 Å². The average Bonchev–Trinajstić information content (AvgIpc) is 2.69. The Morgan fingerprint density at radius 3 is 2.73 bits per heavy atom. The smallest absolute Gasteiger partial charge is 0.306 e. The molecule has 3 heterocycles. The highest BCUT2D eigenvalue weighted by Gasteiger charge is 2.59. The van der Waals surface area contributed by atoms with E-state index in [1.807, 2.05) is 0 Å². The van der Waals surface area contributed by atoms with Gasteiger partial charge in [0, 0.05) is 36.9 Å². The summed E-state index contributed by atoms with van der Waals surface area (Å²) in [5.41, 5.74) is 2.75. The first-order valence-electron chi connectivity index (χ1n) is 10.9. The molecule has 2 unspecified atom stereocenters. The van der Waals surface area contributed by atoms with Crippen LogP contribution < -0.4 is 5.32 Å². The molecule has 6 rings (SSSR count). The molecule has 7 heteroatoms. The predicted molar refractivity (Wildman–Crippen MR) is 115 cm³/mol. The van der Waals surface area contributed by atoms with Gasteiger partial charge in [-0.25, -0.2) is 9.97 Å². The summed E-state index contributed by atoms with van der Waals surface area (Å²) in [4.78, 5) is 24.0. The van der Waals surface area contributed by atoms with Gasteiger partial charge in [0.25, 0.3) is 0 Å². The maximum absolute atomic E-state index is 11.4. The van der Waals surface area contributed by atoms with E-state index in [1.165, 1.54) is 29.7 Å². The first-order chi connectivity index (χ1) is 14.6. The van der Waals surface area contributed by atoms with Gasteiger partial charge in [0.05, 0.1) is 11.6 Å². The van der Waals surface area contributed by atoms with Crippen LogP contribution in [0.25, 0.3) is 0 Å². The summed E-state index contributed by atoms with van der Waals surface area (Å²) < 4.78 is 0. The number of benzene rings is 1. The van der Waals surface area contributed by atoms with Crippen LogP contribution >= 0.6 is 11.8 Å². The Balaban J connectivity index is 1.17. The lowest BCUT2D eigenvalue weighted by Crippen LogP contribution is -2.61. The number of rotatable bonds is 3. The van der Waals surface area contributed by atoms with Gasteiger partial charge in [0.15, 0.2) is 5.82 Å². The van der Waals surface area contributed by atoms with Gasteiger partial charge in [0.1, 0.15) is 5.03 Å². The molecule has 2 bridgehead atoms. The Kier molecular flexibility index (Phi) is 4.32. The van der Waals surface area contributed by atoms with Gasteiger partial charge in [-0.3, -0.25) is 9.69 Å². The van der Waals surface area contributed by atoms with Gasteiger partial charge in [0.2, 0.25) is 0 Å². The van der Waals surface area contributed by atoms with Crippen LogP contribution in [0, 0.1) is 23.2 Å². The molecule has 1 aromatic heterocycles. The fourth-order valence-corrected chi connectivity index (χ4v) is 7.31. The third-order valence-corrected chi connectivity index (χ3v) is 8.93. The number of carboxylic acids is 1. The quantitative estimate of drug-likeness (QED) is 0.648. The van der Waals surface area contributed by atoms with Gasteiger partial charge in [-0.05, 0) is 60.6 Å². The zero-order valence-electron chi connectivity index (χ0n) is 16.9. The summed E-state index contributed by atoms with van der Waals surface area (Å²) in [7, 11) is 0. The molecular weight excluding hydrogens is 396 g/mol. The molecule has 30 heavy (non-hydrogen) atoms. The third kappa shape index (κ3) is 2.94. The van der Waals surface area contributed by atoms with Gasteiger partial charge < -0.3 is 10.4 Å².